The highest BCUT2D eigenvalue weighted by Crippen LogP contribution is 1.14. The summed E-state index contributed by atoms with van der Waals surface area (Å²) in [6.45, 7) is 4.00. The van der Waals surface area contributed by atoms with Crippen molar-refractivity contribution in [3.05, 3.63) is 0 Å². The van der Waals surface area contributed by atoms with Crippen LogP contribution in [0.1, 0.15) is 13.8 Å². The van der Waals surface area contributed by atoms with Gasteiger partial charge in [0.05, 0.1) is 0 Å². The average Bonchev–Trinajstić information content (AvgIpc) is 1.00. The van der Waals surface area contributed by atoms with Gasteiger partial charge in [0.2, 0.25) is 0 Å². The SMILES string of the molecule is CC.I.N. The third-order valence-electron chi connectivity index (χ3n) is 0. The van der Waals surface area contributed by atoms with E-state index in [2.05, 4.69) is 0 Å². The van der Waals surface area contributed by atoms with Gasteiger partial charge >= 0.3 is 0 Å². The van der Waals surface area contributed by atoms with Gasteiger partial charge in [-0.1, -0.05) is 13.8 Å². The van der Waals surface area contributed by atoms with Crippen LogP contribution < -0.4 is 6.15 Å². The minimum absolute atomic E-state index is 0. The highest BCUT2D eigenvalue weighted by Gasteiger charge is 0.932. The molecule has 0 aromatic rings. The predicted octanol–water partition coefficient (Wildman–Crippen LogP) is 1.81. The van der Waals surface area contributed by atoms with Crippen molar-refractivity contribution in [1.82, 2.24) is 6.15 Å². The molecule has 1 nitrogen and oxygen atoms in total. The molecular weight excluding hydrogens is 165 g/mol. The normalized spacial score (nSPS) is 1.50. The summed E-state index contributed by atoms with van der Waals surface area (Å²) in [6, 6.07) is 0. The first kappa shape index (κ1) is 22.4. The van der Waals surface area contributed by atoms with E-state index < -0.39 is 0 Å². The van der Waals surface area contributed by atoms with Crippen LogP contribution in [-0.4, -0.2) is 0 Å². The van der Waals surface area contributed by atoms with Gasteiger partial charge in [-0.3, -0.25) is 0 Å². The Hall–Kier alpha value is 0.690. The zero-order valence-corrected chi connectivity index (χ0v) is 5.45. The Morgan fingerprint density at radius 3 is 1.00 bits per heavy atom. The van der Waals surface area contributed by atoms with E-state index in [1.165, 1.54) is 0 Å². The van der Waals surface area contributed by atoms with E-state index in [1.807, 2.05) is 13.8 Å². The van der Waals surface area contributed by atoms with Crippen LogP contribution in [0.5, 0.6) is 0 Å². The Bertz CT molecular complexity index is 6.00. The Balaban J connectivity index is -0.00000000500. The molecule has 0 bridgehead atoms. The van der Waals surface area contributed by atoms with Crippen molar-refractivity contribution in [3.8, 4) is 0 Å². The van der Waals surface area contributed by atoms with E-state index in [0.717, 1.165) is 0 Å². The fourth-order valence-electron chi connectivity index (χ4n) is 0. The lowest BCUT2D eigenvalue weighted by atomic mass is 11.0. The maximum absolute atomic E-state index is 2.00. The second-order valence-corrected chi connectivity index (χ2v) is 0. The van der Waals surface area contributed by atoms with E-state index in [1.54, 1.807) is 0 Å². The van der Waals surface area contributed by atoms with Gasteiger partial charge in [-0.25, -0.2) is 0 Å². The van der Waals surface area contributed by atoms with E-state index in [9.17, 15) is 0 Å². The molecule has 0 saturated heterocycles. The third kappa shape index (κ3) is 16.1. The van der Waals surface area contributed by atoms with Crippen molar-refractivity contribution in [2.75, 3.05) is 0 Å². The highest BCUT2D eigenvalue weighted by molar-refractivity contribution is 14.0. The summed E-state index contributed by atoms with van der Waals surface area (Å²) in [6.07, 6.45) is 0. The maximum Gasteiger partial charge on any atom is -0.0683 e. The lowest BCUT2D eigenvalue weighted by molar-refractivity contribution is 1.50. The van der Waals surface area contributed by atoms with E-state index in [4.69, 9.17) is 0 Å². The van der Waals surface area contributed by atoms with Crippen LogP contribution in [0.2, 0.25) is 0 Å². The number of halogens is 1. The highest BCUT2D eigenvalue weighted by atomic mass is 127. The molecule has 0 radical (unpaired) electrons. The van der Waals surface area contributed by atoms with Crippen molar-refractivity contribution in [2.24, 2.45) is 0 Å². The molecule has 0 amide bonds. The van der Waals surface area contributed by atoms with Crippen LogP contribution in [0, 0.1) is 0 Å². The molecule has 0 unspecified atom stereocenters. The summed E-state index contributed by atoms with van der Waals surface area (Å²) in [5, 5.41) is 0. The third-order valence-corrected chi connectivity index (χ3v) is 0. The number of rotatable bonds is 0. The summed E-state index contributed by atoms with van der Waals surface area (Å²) in [4.78, 5) is 0. The van der Waals surface area contributed by atoms with Crippen LogP contribution in [0.15, 0.2) is 0 Å². The van der Waals surface area contributed by atoms with Gasteiger partial charge in [-0.2, -0.15) is 0 Å². The molecule has 0 aliphatic carbocycles. The van der Waals surface area contributed by atoms with Gasteiger partial charge < -0.3 is 6.15 Å². The molecule has 0 rings (SSSR count). The van der Waals surface area contributed by atoms with E-state index in [0.29, 0.717) is 0 Å². The molecule has 0 aliphatic rings. The van der Waals surface area contributed by atoms with Crippen LogP contribution >= 0.6 is 24.0 Å². The van der Waals surface area contributed by atoms with Crippen molar-refractivity contribution in [1.29, 1.82) is 0 Å². The topological polar surface area (TPSA) is 35.0 Å². The molecule has 0 heterocycles. The number of hydrogen-bond acceptors (Lipinski definition) is 1. The quantitative estimate of drug-likeness (QED) is 0.559. The maximum atomic E-state index is 2.00. The van der Waals surface area contributed by atoms with Gasteiger partial charge in [-0.05, 0) is 0 Å². The van der Waals surface area contributed by atoms with Gasteiger partial charge in [0, 0.05) is 0 Å². The summed E-state index contributed by atoms with van der Waals surface area (Å²) in [7, 11) is 0. The summed E-state index contributed by atoms with van der Waals surface area (Å²) in [5.74, 6) is 0. The Kier molecular flexibility index (Phi) is 313. The second kappa shape index (κ2) is 56.1. The summed E-state index contributed by atoms with van der Waals surface area (Å²) in [5.41, 5.74) is 0. The largest absolute Gasteiger partial charge is 0.344 e. The Labute approximate surface area is 44.4 Å². The van der Waals surface area contributed by atoms with Crippen LogP contribution in [-0.2, 0) is 0 Å². The molecule has 3 N–H and O–H groups in total. The lowest BCUT2D eigenvalue weighted by Crippen LogP contribution is -0.856. The van der Waals surface area contributed by atoms with Crippen molar-refractivity contribution < 1.29 is 0 Å². The molecule has 30 valence electrons. The summed E-state index contributed by atoms with van der Waals surface area (Å²) < 4.78 is 0. The standard InChI is InChI=1S/C2H6.HI.H3N/c1-2;;/h1-2H3;1H;1H3. The van der Waals surface area contributed by atoms with Crippen LogP contribution in [0.4, 0.5) is 0 Å². The minimum atomic E-state index is 0. The first-order valence-electron chi connectivity index (χ1n) is 1.00. The van der Waals surface area contributed by atoms with Gasteiger partial charge in [0.1, 0.15) is 0 Å². The first-order valence-corrected chi connectivity index (χ1v) is 1.00. The lowest BCUT2D eigenvalue weighted by Gasteiger charge is -1.07. The number of hydrogen-bond donors (Lipinski definition) is 1. The molecule has 0 atom stereocenters. The van der Waals surface area contributed by atoms with Crippen molar-refractivity contribution in [3.63, 3.8) is 0 Å². The molecule has 0 aliphatic heterocycles. The van der Waals surface area contributed by atoms with E-state index >= 15 is 0 Å². The fourth-order valence-corrected chi connectivity index (χ4v) is 0. The van der Waals surface area contributed by atoms with E-state index in [-0.39, 0.29) is 30.1 Å². The molecule has 0 aromatic carbocycles. The molecular formula is C2H10IN. The average molecular weight is 175 g/mol. The molecule has 0 saturated carbocycles. The smallest absolute Gasteiger partial charge is 0.0683 e. The predicted molar refractivity (Wildman–Crippen MR) is 31.8 cm³/mol. The first-order chi connectivity index (χ1) is 1.00. The zero-order chi connectivity index (χ0) is 2.00. The zero-order valence-electron chi connectivity index (χ0n) is 3.12. The fraction of sp³-hybridized carbons (Fsp3) is 1.00. The summed E-state index contributed by atoms with van der Waals surface area (Å²) >= 11 is 0. The second-order valence-electron chi connectivity index (χ2n) is 0. The molecule has 4 heavy (non-hydrogen) atoms. The van der Waals surface area contributed by atoms with Gasteiger partial charge in [-0.15, -0.1) is 24.0 Å². The Morgan fingerprint density at radius 2 is 1.00 bits per heavy atom. The minimum Gasteiger partial charge on any atom is -0.344 e. The molecule has 0 aromatic heterocycles. The Morgan fingerprint density at radius 1 is 1.00 bits per heavy atom. The monoisotopic (exact) mass is 175 g/mol. The van der Waals surface area contributed by atoms with Gasteiger partial charge in [0.15, 0.2) is 0 Å². The molecule has 0 spiro atoms. The van der Waals surface area contributed by atoms with Crippen molar-refractivity contribution in [2.45, 2.75) is 13.8 Å². The molecule has 2 heteroatoms. The van der Waals surface area contributed by atoms with Crippen LogP contribution in [0.3, 0.4) is 0 Å². The van der Waals surface area contributed by atoms with Crippen LogP contribution in [0.25, 0.3) is 0 Å². The van der Waals surface area contributed by atoms with Crippen molar-refractivity contribution >= 4 is 24.0 Å². The van der Waals surface area contributed by atoms with Gasteiger partial charge in [0.25, 0.3) is 0 Å². The molecule has 0 fully saturated rings.